The molecule has 0 unspecified atom stereocenters. The molecule has 0 aliphatic carbocycles. The third-order valence-electron chi connectivity index (χ3n) is 3.71. The molecule has 1 aliphatic rings. The standard InChI is InChI=1S/C16H24N6O/c1-16(2,3)23-11-14-12(9-22-10-13(17)8-19-22)7-18-15(20-14)21-5-4-6-21/h7-8,10H,4-6,9,11,17H2,1-3H3. The van der Waals surface area contributed by atoms with E-state index in [-0.39, 0.29) is 5.60 Å². The molecule has 0 radical (unpaired) electrons. The summed E-state index contributed by atoms with van der Waals surface area (Å²) in [5, 5.41) is 4.23. The van der Waals surface area contributed by atoms with Crippen LogP contribution in [0.15, 0.2) is 18.6 Å². The van der Waals surface area contributed by atoms with E-state index in [2.05, 4.69) is 15.0 Å². The molecule has 0 aromatic carbocycles. The topological polar surface area (TPSA) is 82.1 Å². The Morgan fingerprint density at radius 1 is 1.26 bits per heavy atom. The number of nitrogens with two attached hydrogens (primary N) is 1. The lowest BCUT2D eigenvalue weighted by Crippen LogP contribution is -2.38. The van der Waals surface area contributed by atoms with Crippen molar-refractivity contribution in [3.8, 4) is 0 Å². The van der Waals surface area contributed by atoms with Crippen molar-refractivity contribution in [1.82, 2.24) is 19.7 Å². The highest BCUT2D eigenvalue weighted by Gasteiger charge is 2.20. The van der Waals surface area contributed by atoms with Crippen LogP contribution in [0.5, 0.6) is 0 Å². The fourth-order valence-corrected chi connectivity index (χ4v) is 2.28. The maximum Gasteiger partial charge on any atom is 0.225 e. The first-order valence-electron chi connectivity index (χ1n) is 7.92. The number of nitrogens with zero attached hydrogens (tertiary/aromatic N) is 5. The van der Waals surface area contributed by atoms with Gasteiger partial charge in [-0.05, 0) is 27.2 Å². The van der Waals surface area contributed by atoms with Crippen molar-refractivity contribution in [2.75, 3.05) is 23.7 Å². The highest BCUT2D eigenvalue weighted by molar-refractivity contribution is 5.36. The molecule has 0 saturated carbocycles. The Hall–Kier alpha value is -2.15. The zero-order valence-electron chi connectivity index (χ0n) is 14.0. The molecule has 0 amide bonds. The van der Waals surface area contributed by atoms with Crippen LogP contribution in [-0.2, 0) is 17.9 Å². The zero-order valence-corrected chi connectivity index (χ0v) is 14.0. The van der Waals surface area contributed by atoms with Gasteiger partial charge in [-0.1, -0.05) is 0 Å². The third-order valence-corrected chi connectivity index (χ3v) is 3.71. The van der Waals surface area contributed by atoms with Gasteiger partial charge in [0, 0.05) is 31.0 Å². The molecule has 2 N–H and O–H groups in total. The van der Waals surface area contributed by atoms with Crippen LogP contribution in [0.2, 0.25) is 0 Å². The lowest BCUT2D eigenvalue weighted by atomic mass is 10.2. The Bertz CT molecular complexity index is 671. The number of hydrogen-bond acceptors (Lipinski definition) is 6. The lowest BCUT2D eigenvalue weighted by molar-refractivity contribution is -0.0168. The van der Waals surface area contributed by atoms with Crippen LogP contribution in [0.25, 0.3) is 0 Å². The van der Waals surface area contributed by atoms with Crippen molar-refractivity contribution in [2.45, 2.75) is 45.9 Å². The monoisotopic (exact) mass is 316 g/mol. The van der Waals surface area contributed by atoms with Crippen LogP contribution >= 0.6 is 0 Å². The van der Waals surface area contributed by atoms with Crippen molar-refractivity contribution < 1.29 is 4.74 Å². The van der Waals surface area contributed by atoms with E-state index >= 15 is 0 Å². The van der Waals surface area contributed by atoms with Gasteiger partial charge in [0.2, 0.25) is 5.95 Å². The predicted octanol–water partition coefficient (Wildman–Crippen LogP) is 1.83. The highest BCUT2D eigenvalue weighted by Crippen LogP contribution is 2.20. The molecule has 7 nitrogen and oxygen atoms in total. The molecular weight excluding hydrogens is 292 g/mol. The number of hydrogen-bond donors (Lipinski definition) is 1. The summed E-state index contributed by atoms with van der Waals surface area (Å²) in [4.78, 5) is 11.4. The minimum atomic E-state index is -0.213. The summed E-state index contributed by atoms with van der Waals surface area (Å²) >= 11 is 0. The van der Waals surface area contributed by atoms with Crippen LogP contribution in [0.3, 0.4) is 0 Å². The van der Waals surface area contributed by atoms with Gasteiger partial charge in [0.1, 0.15) is 0 Å². The first kappa shape index (κ1) is 15.7. The van der Waals surface area contributed by atoms with E-state index in [4.69, 9.17) is 15.5 Å². The highest BCUT2D eigenvalue weighted by atomic mass is 16.5. The van der Waals surface area contributed by atoms with Crippen LogP contribution in [0, 0.1) is 0 Å². The quantitative estimate of drug-likeness (QED) is 0.906. The molecule has 7 heteroatoms. The second-order valence-electron chi connectivity index (χ2n) is 6.85. The average Bonchev–Trinajstić information content (AvgIpc) is 2.81. The van der Waals surface area contributed by atoms with E-state index in [1.54, 1.807) is 17.1 Å². The van der Waals surface area contributed by atoms with Crippen molar-refractivity contribution in [3.63, 3.8) is 0 Å². The maximum absolute atomic E-state index is 5.92. The van der Waals surface area contributed by atoms with Gasteiger partial charge in [-0.2, -0.15) is 5.10 Å². The van der Waals surface area contributed by atoms with Gasteiger partial charge >= 0.3 is 0 Å². The maximum atomic E-state index is 5.92. The number of anilines is 2. The molecule has 2 aromatic rings. The van der Waals surface area contributed by atoms with E-state index < -0.39 is 0 Å². The number of aromatic nitrogens is 4. The van der Waals surface area contributed by atoms with Gasteiger partial charge < -0.3 is 15.4 Å². The second-order valence-corrected chi connectivity index (χ2v) is 6.85. The van der Waals surface area contributed by atoms with E-state index in [0.29, 0.717) is 18.8 Å². The molecule has 1 saturated heterocycles. The Kier molecular flexibility index (Phi) is 4.21. The Morgan fingerprint density at radius 2 is 2.04 bits per heavy atom. The number of ether oxygens (including phenoxy) is 1. The van der Waals surface area contributed by atoms with Crippen LogP contribution in [0.1, 0.15) is 38.4 Å². The van der Waals surface area contributed by atoms with Crippen LogP contribution in [-0.4, -0.2) is 38.4 Å². The Labute approximate surface area is 136 Å². The van der Waals surface area contributed by atoms with Crippen molar-refractivity contribution in [3.05, 3.63) is 29.8 Å². The summed E-state index contributed by atoms with van der Waals surface area (Å²) in [6, 6.07) is 0. The molecule has 23 heavy (non-hydrogen) atoms. The van der Waals surface area contributed by atoms with E-state index in [0.717, 1.165) is 30.3 Å². The molecule has 2 aromatic heterocycles. The SMILES string of the molecule is CC(C)(C)OCc1nc(N2CCC2)ncc1Cn1cc(N)cn1. The van der Waals surface area contributed by atoms with E-state index in [9.17, 15) is 0 Å². The fourth-order valence-electron chi connectivity index (χ4n) is 2.28. The summed E-state index contributed by atoms with van der Waals surface area (Å²) in [5.74, 6) is 0.785. The molecule has 0 spiro atoms. The summed E-state index contributed by atoms with van der Waals surface area (Å²) in [6.45, 7) is 9.21. The molecule has 1 fully saturated rings. The summed E-state index contributed by atoms with van der Waals surface area (Å²) in [6.07, 6.45) is 6.52. The zero-order chi connectivity index (χ0) is 16.4. The van der Waals surface area contributed by atoms with Gasteiger partial charge in [0.25, 0.3) is 0 Å². The van der Waals surface area contributed by atoms with Crippen molar-refractivity contribution in [1.29, 1.82) is 0 Å². The Balaban J connectivity index is 1.83. The predicted molar refractivity (Wildman–Crippen MR) is 89.1 cm³/mol. The van der Waals surface area contributed by atoms with Gasteiger partial charge in [-0.25, -0.2) is 9.97 Å². The first-order chi connectivity index (χ1) is 10.9. The van der Waals surface area contributed by atoms with Gasteiger partial charge in [0.15, 0.2) is 0 Å². The van der Waals surface area contributed by atoms with E-state index in [1.807, 2.05) is 27.0 Å². The molecule has 0 atom stereocenters. The van der Waals surface area contributed by atoms with Crippen molar-refractivity contribution >= 4 is 11.6 Å². The first-order valence-corrected chi connectivity index (χ1v) is 7.92. The minimum Gasteiger partial charge on any atom is -0.396 e. The smallest absolute Gasteiger partial charge is 0.225 e. The summed E-state index contributed by atoms with van der Waals surface area (Å²) in [5.41, 5.74) is 8.08. The number of rotatable bonds is 5. The van der Waals surface area contributed by atoms with Crippen LogP contribution in [0.4, 0.5) is 11.6 Å². The van der Waals surface area contributed by atoms with Crippen LogP contribution < -0.4 is 10.6 Å². The molecular formula is C16H24N6O. The average molecular weight is 316 g/mol. The minimum absolute atomic E-state index is 0.213. The lowest BCUT2D eigenvalue weighted by Gasteiger charge is -2.31. The molecule has 3 rings (SSSR count). The molecule has 3 heterocycles. The van der Waals surface area contributed by atoms with Gasteiger partial charge in [-0.15, -0.1) is 0 Å². The second kappa shape index (κ2) is 6.16. The Morgan fingerprint density at radius 3 is 2.61 bits per heavy atom. The third kappa shape index (κ3) is 3.98. The number of nitrogen functional groups attached to an aromatic ring is 1. The summed E-state index contributed by atoms with van der Waals surface area (Å²) in [7, 11) is 0. The fraction of sp³-hybridized carbons (Fsp3) is 0.562. The van der Waals surface area contributed by atoms with Gasteiger partial charge in [-0.3, -0.25) is 4.68 Å². The summed E-state index contributed by atoms with van der Waals surface area (Å²) < 4.78 is 7.71. The molecule has 1 aliphatic heterocycles. The van der Waals surface area contributed by atoms with E-state index in [1.165, 1.54) is 6.42 Å². The van der Waals surface area contributed by atoms with Crippen molar-refractivity contribution in [2.24, 2.45) is 0 Å². The normalized spacial score (nSPS) is 14.8. The molecule has 0 bridgehead atoms. The largest absolute Gasteiger partial charge is 0.396 e. The molecule has 124 valence electrons. The van der Waals surface area contributed by atoms with Gasteiger partial charge in [0.05, 0.1) is 36.3 Å².